The van der Waals surface area contributed by atoms with Gasteiger partial charge in [-0.15, -0.1) is 5.10 Å². The Kier molecular flexibility index (Phi) is 2.46. The Morgan fingerprint density at radius 3 is 2.75 bits per heavy atom. The number of carboxylic acids is 1. The van der Waals surface area contributed by atoms with E-state index in [0.717, 1.165) is 0 Å². The standard InChI is InChI=1S/C8H7N5O3/c1-13-4-11-8(12-13)16-6-5(7(14)15)9-2-3-10-6/h2-4H,1H3,(H,14,15). The molecule has 0 radical (unpaired) electrons. The summed E-state index contributed by atoms with van der Waals surface area (Å²) in [6.07, 6.45) is 4.01. The van der Waals surface area contributed by atoms with E-state index in [1.165, 1.54) is 23.4 Å². The van der Waals surface area contributed by atoms with E-state index in [0.29, 0.717) is 0 Å². The lowest BCUT2D eigenvalue weighted by atomic mass is 10.4. The lowest BCUT2D eigenvalue weighted by molar-refractivity contribution is 0.0686. The normalized spacial score (nSPS) is 10.1. The number of aromatic carboxylic acids is 1. The molecule has 2 aromatic rings. The zero-order valence-corrected chi connectivity index (χ0v) is 8.23. The van der Waals surface area contributed by atoms with Crippen molar-refractivity contribution in [2.45, 2.75) is 0 Å². The fourth-order valence-corrected chi connectivity index (χ4v) is 0.999. The molecule has 0 aliphatic carbocycles. The largest absolute Gasteiger partial charge is 0.476 e. The summed E-state index contributed by atoms with van der Waals surface area (Å²) >= 11 is 0. The van der Waals surface area contributed by atoms with Crippen LogP contribution in [0.5, 0.6) is 11.9 Å². The van der Waals surface area contributed by atoms with Crippen molar-refractivity contribution in [3.05, 3.63) is 24.4 Å². The summed E-state index contributed by atoms with van der Waals surface area (Å²) < 4.78 is 6.52. The number of hydrogen-bond acceptors (Lipinski definition) is 6. The van der Waals surface area contributed by atoms with E-state index in [1.807, 2.05) is 0 Å². The molecule has 16 heavy (non-hydrogen) atoms. The van der Waals surface area contributed by atoms with Gasteiger partial charge in [0, 0.05) is 19.4 Å². The summed E-state index contributed by atoms with van der Waals surface area (Å²) in [5, 5.41) is 12.6. The van der Waals surface area contributed by atoms with Crippen molar-refractivity contribution in [3.63, 3.8) is 0 Å². The molecule has 0 fully saturated rings. The fraction of sp³-hybridized carbons (Fsp3) is 0.125. The minimum Gasteiger partial charge on any atom is -0.476 e. The minimum absolute atomic E-state index is 0.0190. The smallest absolute Gasteiger partial charge is 0.360 e. The maximum atomic E-state index is 10.8. The van der Waals surface area contributed by atoms with Gasteiger partial charge in [0.15, 0.2) is 0 Å². The van der Waals surface area contributed by atoms with Crippen LogP contribution >= 0.6 is 0 Å². The van der Waals surface area contributed by atoms with E-state index < -0.39 is 5.97 Å². The Morgan fingerprint density at radius 1 is 1.38 bits per heavy atom. The predicted octanol–water partition coefficient (Wildman–Crippen LogP) is 0.0956. The molecule has 8 heteroatoms. The number of carbonyl (C=O) groups is 1. The van der Waals surface area contributed by atoms with Crippen molar-refractivity contribution < 1.29 is 14.6 Å². The molecule has 0 bridgehead atoms. The van der Waals surface area contributed by atoms with Crippen LogP contribution in [0.3, 0.4) is 0 Å². The van der Waals surface area contributed by atoms with Gasteiger partial charge in [-0.1, -0.05) is 0 Å². The topological polar surface area (TPSA) is 103 Å². The van der Waals surface area contributed by atoms with Gasteiger partial charge >= 0.3 is 12.0 Å². The van der Waals surface area contributed by atoms with Gasteiger partial charge in [-0.25, -0.2) is 14.8 Å². The fourth-order valence-electron chi connectivity index (χ4n) is 0.999. The molecule has 0 aliphatic rings. The molecule has 0 atom stereocenters. The van der Waals surface area contributed by atoms with E-state index in [4.69, 9.17) is 9.84 Å². The van der Waals surface area contributed by atoms with Crippen molar-refractivity contribution >= 4 is 5.97 Å². The number of rotatable bonds is 3. The number of hydrogen-bond donors (Lipinski definition) is 1. The molecule has 8 nitrogen and oxygen atoms in total. The van der Waals surface area contributed by atoms with Crippen LogP contribution in [0.25, 0.3) is 0 Å². The Labute approximate surface area is 89.6 Å². The van der Waals surface area contributed by atoms with E-state index >= 15 is 0 Å². The van der Waals surface area contributed by atoms with Gasteiger partial charge in [0.25, 0.3) is 5.88 Å². The first-order chi connectivity index (χ1) is 7.66. The van der Waals surface area contributed by atoms with Gasteiger partial charge in [-0.2, -0.15) is 4.98 Å². The molecule has 0 spiro atoms. The number of aromatic nitrogens is 5. The number of ether oxygens (including phenoxy) is 1. The molecule has 0 amide bonds. The highest BCUT2D eigenvalue weighted by Crippen LogP contribution is 2.17. The Balaban J connectivity index is 2.31. The molecular weight excluding hydrogens is 214 g/mol. The van der Waals surface area contributed by atoms with E-state index in [1.54, 1.807) is 7.05 Å². The van der Waals surface area contributed by atoms with E-state index in [9.17, 15) is 4.79 Å². The number of nitrogens with zero attached hydrogens (tertiary/aromatic N) is 5. The van der Waals surface area contributed by atoms with Crippen molar-refractivity contribution in [3.8, 4) is 11.9 Å². The molecule has 0 aromatic carbocycles. The molecule has 1 N–H and O–H groups in total. The summed E-state index contributed by atoms with van der Waals surface area (Å²) in [7, 11) is 1.66. The molecule has 0 saturated heterocycles. The summed E-state index contributed by atoms with van der Waals surface area (Å²) in [5.74, 6) is -1.36. The molecule has 0 saturated carbocycles. The van der Waals surface area contributed by atoms with Crippen LogP contribution in [-0.2, 0) is 7.05 Å². The second kappa shape index (κ2) is 3.93. The van der Waals surface area contributed by atoms with Gasteiger partial charge in [0.2, 0.25) is 5.69 Å². The van der Waals surface area contributed by atoms with Gasteiger partial charge in [-0.3, -0.25) is 4.68 Å². The average Bonchev–Trinajstić information content (AvgIpc) is 2.64. The minimum atomic E-state index is -1.22. The summed E-state index contributed by atoms with van der Waals surface area (Å²) in [6.45, 7) is 0. The molecular formula is C8H7N5O3. The van der Waals surface area contributed by atoms with Gasteiger partial charge < -0.3 is 9.84 Å². The Hall–Kier alpha value is -2.51. The lowest BCUT2D eigenvalue weighted by Crippen LogP contribution is -2.05. The van der Waals surface area contributed by atoms with Crippen LogP contribution in [0.15, 0.2) is 18.7 Å². The summed E-state index contributed by atoms with van der Waals surface area (Å²) in [4.78, 5) is 22.0. The molecule has 2 heterocycles. The molecule has 2 aromatic heterocycles. The van der Waals surface area contributed by atoms with Crippen LogP contribution in [0, 0.1) is 0 Å². The lowest BCUT2D eigenvalue weighted by Gasteiger charge is -2.01. The predicted molar refractivity (Wildman–Crippen MR) is 50.1 cm³/mol. The summed E-state index contributed by atoms with van der Waals surface area (Å²) in [6, 6.07) is 0.0190. The van der Waals surface area contributed by atoms with Gasteiger partial charge in [0.1, 0.15) is 6.33 Å². The van der Waals surface area contributed by atoms with Gasteiger partial charge in [-0.05, 0) is 0 Å². The van der Waals surface area contributed by atoms with Crippen molar-refractivity contribution in [2.75, 3.05) is 0 Å². The second-order valence-electron chi connectivity index (χ2n) is 2.82. The van der Waals surface area contributed by atoms with Crippen molar-refractivity contribution in [2.24, 2.45) is 7.05 Å². The Morgan fingerprint density at radius 2 is 2.12 bits per heavy atom. The second-order valence-corrected chi connectivity index (χ2v) is 2.82. The Bertz CT molecular complexity index is 524. The third kappa shape index (κ3) is 1.95. The zero-order chi connectivity index (χ0) is 11.5. The quantitative estimate of drug-likeness (QED) is 0.783. The molecule has 82 valence electrons. The highest BCUT2D eigenvalue weighted by molar-refractivity contribution is 5.87. The van der Waals surface area contributed by atoms with E-state index in [2.05, 4.69) is 20.1 Å². The summed E-state index contributed by atoms with van der Waals surface area (Å²) in [5.41, 5.74) is -0.282. The average molecular weight is 221 g/mol. The van der Waals surface area contributed by atoms with Crippen LogP contribution in [0.4, 0.5) is 0 Å². The first-order valence-electron chi connectivity index (χ1n) is 4.24. The highest BCUT2D eigenvalue weighted by atomic mass is 16.5. The SMILES string of the molecule is Cn1cnc(Oc2nccnc2C(=O)O)n1. The van der Waals surface area contributed by atoms with Crippen molar-refractivity contribution in [1.82, 2.24) is 24.7 Å². The van der Waals surface area contributed by atoms with Crippen LogP contribution in [0.2, 0.25) is 0 Å². The first-order valence-corrected chi connectivity index (χ1v) is 4.24. The third-order valence-corrected chi connectivity index (χ3v) is 1.63. The maximum absolute atomic E-state index is 10.8. The van der Waals surface area contributed by atoms with Crippen LogP contribution in [0.1, 0.15) is 10.5 Å². The molecule has 0 aliphatic heterocycles. The number of aryl methyl sites for hydroxylation is 1. The van der Waals surface area contributed by atoms with Gasteiger partial charge in [0.05, 0.1) is 0 Å². The first kappa shape index (κ1) is 10.0. The van der Waals surface area contributed by atoms with E-state index in [-0.39, 0.29) is 17.6 Å². The van der Waals surface area contributed by atoms with Crippen LogP contribution in [-0.4, -0.2) is 35.8 Å². The molecule has 2 rings (SSSR count). The highest BCUT2D eigenvalue weighted by Gasteiger charge is 2.16. The third-order valence-electron chi connectivity index (χ3n) is 1.63. The monoisotopic (exact) mass is 221 g/mol. The van der Waals surface area contributed by atoms with Crippen molar-refractivity contribution in [1.29, 1.82) is 0 Å². The maximum Gasteiger partial charge on any atom is 0.360 e. The zero-order valence-electron chi connectivity index (χ0n) is 8.23. The van der Waals surface area contributed by atoms with Crippen LogP contribution < -0.4 is 4.74 Å². The molecule has 0 unspecified atom stereocenters. The number of carboxylic acid groups (broad SMARTS) is 1.